The summed E-state index contributed by atoms with van der Waals surface area (Å²) in [5.74, 6) is -0.304. The Morgan fingerprint density at radius 1 is 1.29 bits per heavy atom. The summed E-state index contributed by atoms with van der Waals surface area (Å²) in [6.07, 6.45) is 0.858. The lowest BCUT2D eigenvalue weighted by atomic mass is 9.96. The molecule has 0 aliphatic rings. The number of aliphatic carboxylic acids is 1. The molecule has 0 fully saturated rings. The molecule has 0 amide bonds. The topological polar surface area (TPSA) is 58.6 Å². The van der Waals surface area contributed by atoms with E-state index in [2.05, 4.69) is 5.32 Å². The molecule has 4 nitrogen and oxygen atoms in total. The first kappa shape index (κ1) is 15.3. The van der Waals surface area contributed by atoms with Crippen LogP contribution >= 0.6 is 0 Å². The second-order valence-corrected chi connectivity index (χ2v) is 5.15. The van der Waals surface area contributed by atoms with E-state index in [9.17, 15) is 9.90 Å². The number of methoxy groups -OCH3 is 1. The predicted octanol–water partition coefficient (Wildman–Crippen LogP) is 3.36. The second-order valence-electron chi connectivity index (χ2n) is 5.15. The van der Waals surface area contributed by atoms with E-state index in [-0.39, 0.29) is 6.04 Å². The average molecular weight is 287 g/mol. The van der Waals surface area contributed by atoms with Gasteiger partial charge in [0.25, 0.3) is 0 Å². The molecule has 21 heavy (non-hydrogen) atoms. The third kappa shape index (κ3) is 3.16. The molecule has 0 saturated carbocycles. The monoisotopic (exact) mass is 287 g/mol. The van der Waals surface area contributed by atoms with Gasteiger partial charge in [0.1, 0.15) is 11.8 Å². The highest BCUT2D eigenvalue weighted by atomic mass is 16.5. The molecular weight excluding hydrogens is 266 g/mol. The number of nitrogens with one attached hydrogen (secondary N) is 1. The van der Waals surface area contributed by atoms with Crippen LogP contribution in [0, 0.1) is 0 Å². The molecule has 0 bridgehead atoms. The minimum atomic E-state index is -0.898. The van der Waals surface area contributed by atoms with Gasteiger partial charge >= 0.3 is 5.97 Å². The van der Waals surface area contributed by atoms with E-state index < -0.39 is 12.0 Å². The highest BCUT2D eigenvalue weighted by Gasteiger charge is 2.26. The Kier molecular flexibility index (Phi) is 4.81. The summed E-state index contributed by atoms with van der Waals surface area (Å²) in [6.45, 7) is 4.00. The Balaban J connectivity index is 2.62. The number of carboxylic acid groups (broad SMARTS) is 1. The van der Waals surface area contributed by atoms with Gasteiger partial charge in [-0.1, -0.05) is 37.3 Å². The molecule has 0 radical (unpaired) electrons. The summed E-state index contributed by atoms with van der Waals surface area (Å²) in [4.78, 5) is 11.7. The zero-order valence-corrected chi connectivity index (χ0v) is 12.6. The number of fused-ring (bicyclic) bond motifs is 1. The molecular formula is C17H21NO3. The Morgan fingerprint density at radius 2 is 2.00 bits per heavy atom. The van der Waals surface area contributed by atoms with Crippen LogP contribution in [-0.2, 0) is 4.79 Å². The van der Waals surface area contributed by atoms with Gasteiger partial charge in [-0.05, 0) is 30.2 Å². The number of benzene rings is 2. The van der Waals surface area contributed by atoms with Crippen LogP contribution in [0.25, 0.3) is 10.8 Å². The standard InChI is InChI=1S/C17H21NO3/c1-4-11(2)18-16(17(19)20)15-13-8-6-5-7-12(13)9-10-14(15)21-3/h5-11,16,18H,4H2,1-3H3,(H,19,20). The maximum Gasteiger partial charge on any atom is 0.325 e. The number of ether oxygens (including phenoxy) is 1. The molecule has 0 aliphatic heterocycles. The van der Waals surface area contributed by atoms with Crippen molar-refractivity contribution in [1.29, 1.82) is 0 Å². The van der Waals surface area contributed by atoms with Crippen molar-refractivity contribution in [2.45, 2.75) is 32.4 Å². The number of hydrogen-bond acceptors (Lipinski definition) is 3. The summed E-state index contributed by atoms with van der Waals surface area (Å²) >= 11 is 0. The van der Waals surface area contributed by atoms with Crippen molar-refractivity contribution in [3.8, 4) is 5.75 Å². The maximum atomic E-state index is 11.7. The fraction of sp³-hybridized carbons (Fsp3) is 0.353. The van der Waals surface area contributed by atoms with Gasteiger partial charge in [-0.3, -0.25) is 10.1 Å². The molecule has 0 heterocycles. The Bertz CT molecular complexity index is 639. The van der Waals surface area contributed by atoms with E-state index in [1.165, 1.54) is 0 Å². The van der Waals surface area contributed by atoms with E-state index in [1.807, 2.05) is 50.2 Å². The largest absolute Gasteiger partial charge is 0.496 e. The van der Waals surface area contributed by atoms with Crippen LogP contribution in [-0.4, -0.2) is 24.2 Å². The lowest BCUT2D eigenvalue weighted by molar-refractivity contribution is -0.139. The van der Waals surface area contributed by atoms with Crippen LogP contribution in [0.3, 0.4) is 0 Å². The number of carbonyl (C=O) groups is 1. The maximum absolute atomic E-state index is 11.7. The van der Waals surface area contributed by atoms with Crippen molar-refractivity contribution in [3.63, 3.8) is 0 Å². The van der Waals surface area contributed by atoms with E-state index >= 15 is 0 Å². The molecule has 2 unspecified atom stereocenters. The summed E-state index contributed by atoms with van der Waals surface area (Å²) in [5.41, 5.74) is 0.684. The van der Waals surface area contributed by atoms with Crippen LogP contribution in [0.4, 0.5) is 0 Å². The lowest BCUT2D eigenvalue weighted by Gasteiger charge is -2.23. The van der Waals surface area contributed by atoms with Gasteiger partial charge in [-0.15, -0.1) is 0 Å². The molecule has 2 aromatic rings. The van der Waals surface area contributed by atoms with Gasteiger partial charge in [0.15, 0.2) is 0 Å². The number of carboxylic acids is 1. The van der Waals surface area contributed by atoms with Crippen molar-refractivity contribution in [1.82, 2.24) is 5.32 Å². The zero-order chi connectivity index (χ0) is 15.4. The highest BCUT2D eigenvalue weighted by Crippen LogP contribution is 2.33. The fourth-order valence-corrected chi connectivity index (χ4v) is 2.43. The average Bonchev–Trinajstić information content (AvgIpc) is 2.51. The molecule has 2 N–H and O–H groups in total. The van der Waals surface area contributed by atoms with Gasteiger partial charge in [-0.25, -0.2) is 0 Å². The minimum Gasteiger partial charge on any atom is -0.496 e. The molecule has 2 atom stereocenters. The van der Waals surface area contributed by atoms with Crippen LogP contribution in [0.5, 0.6) is 5.75 Å². The van der Waals surface area contributed by atoms with Crippen LogP contribution in [0.1, 0.15) is 31.9 Å². The summed E-state index contributed by atoms with van der Waals surface area (Å²) in [6, 6.07) is 10.8. The Morgan fingerprint density at radius 3 is 2.62 bits per heavy atom. The van der Waals surface area contributed by atoms with Crippen LogP contribution < -0.4 is 10.1 Å². The van der Waals surface area contributed by atoms with Crippen molar-refractivity contribution in [2.75, 3.05) is 7.11 Å². The van der Waals surface area contributed by atoms with E-state index in [4.69, 9.17) is 4.74 Å². The van der Waals surface area contributed by atoms with E-state index in [0.29, 0.717) is 11.3 Å². The van der Waals surface area contributed by atoms with Crippen LogP contribution in [0.2, 0.25) is 0 Å². The van der Waals surface area contributed by atoms with E-state index in [1.54, 1.807) is 7.11 Å². The van der Waals surface area contributed by atoms with Crippen LogP contribution in [0.15, 0.2) is 36.4 Å². The van der Waals surface area contributed by atoms with Gasteiger partial charge < -0.3 is 9.84 Å². The molecule has 0 saturated heterocycles. The quantitative estimate of drug-likeness (QED) is 0.855. The summed E-state index contributed by atoms with van der Waals surface area (Å²) in [5, 5.41) is 14.7. The van der Waals surface area contributed by atoms with Crippen molar-refractivity contribution in [2.24, 2.45) is 0 Å². The minimum absolute atomic E-state index is 0.106. The summed E-state index contributed by atoms with van der Waals surface area (Å²) < 4.78 is 5.40. The molecule has 2 aromatic carbocycles. The number of rotatable bonds is 6. The third-order valence-corrected chi connectivity index (χ3v) is 3.75. The van der Waals surface area contributed by atoms with Gasteiger partial charge in [0, 0.05) is 11.6 Å². The predicted molar refractivity (Wildman–Crippen MR) is 83.8 cm³/mol. The molecule has 2 rings (SSSR count). The third-order valence-electron chi connectivity index (χ3n) is 3.75. The molecule has 112 valence electrons. The number of hydrogen-bond donors (Lipinski definition) is 2. The van der Waals surface area contributed by atoms with Gasteiger partial charge in [0.05, 0.1) is 7.11 Å². The first-order chi connectivity index (χ1) is 10.1. The zero-order valence-electron chi connectivity index (χ0n) is 12.6. The summed E-state index contributed by atoms with van der Waals surface area (Å²) in [7, 11) is 1.57. The second kappa shape index (κ2) is 6.59. The molecule has 0 aliphatic carbocycles. The van der Waals surface area contributed by atoms with E-state index in [0.717, 1.165) is 17.2 Å². The smallest absolute Gasteiger partial charge is 0.325 e. The van der Waals surface area contributed by atoms with Crippen molar-refractivity contribution < 1.29 is 14.6 Å². The molecule has 4 heteroatoms. The van der Waals surface area contributed by atoms with Gasteiger partial charge in [0.2, 0.25) is 0 Å². The van der Waals surface area contributed by atoms with Gasteiger partial charge in [-0.2, -0.15) is 0 Å². The first-order valence-electron chi connectivity index (χ1n) is 7.13. The first-order valence-corrected chi connectivity index (χ1v) is 7.13. The molecule has 0 spiro atoms. The Labute approximate surface area is 124 Å². The van der Waals surface area contributed by atoms with Crippen molar-refractivity contribution in [3.05, 3.63) is 42.0 Å². The normalized spacial score (nSPS) is 13.9. The lowest BCUT2D eigenvalue weighted by Crippen LogP contribution is -2.35. The Hall–Kier alpha value is -2.07. The highest BCUT2D eigenvalue weighted by molar-refractivity contribution is 5.92. The van der Waals surface area contributed by atoms with Crippen molar-refractivity contribution >= 4 is 16.7 Å². The fourth-order valence-electron chi connectivity index (χ4n) is 2.43. The molecule has 0 aromatic heterocycles. The SMILES string of the molecule is CCC(C)NC(C(=O)O)c1c(OC)ccc2ccccc12.